The predicted molar refractivity (Wildman–Crippen MR) is 97.3 cm³/mol. The molecule has 0 saturated carbocycles. The van der Waals surface area contributed by atoms with E-state index in [-0.39, 0.29) is 12.6 Å². The van der Waals surface area contributed by atoms with Gasteiger partial charge in [-0.25, -0.2) is 15.0 Å². The average Bonchev–Trinajstić information content (AvgIpc) is 3.06. The van der Waals surface area contributed by atoms with Gasteiger partial charge in [-0.1, -0.05) is 17.7 Å². The van der Waals surface area contributed by atoms with Crippen LogP contribution in [0.3, 0.4) is 0 Å². The molecule has 0 radical (unpaired) electrons. The number of rotatable bonds is 1. The molecule has 0 bridgehead atoms. The lowest BCUT2D eigenvalue weighted by Gasteiger charge is -2.32. The molecule has 0 saturated heterocycles. The van der Waals surface area contributed by atoms with E-state index in [1.54, 1.807) is 42.5 Å². The molecule has 2 aromatic heterocycles. The fourth-order valence-corrected chi connectivity index (χ4v) is 3.60. The summed E-state index contributed by atoms with van der Waals surface area (Å²) in [6, 6.07) is 12.1. The minimum absolute atomic E-state index is 0.0496. The van der Waals surface area contributed by atoms with E-state index in [1.807, 2.05) is 0 Å². The monoisotopic (exact) mass is 382 g/mol. The first-order valence-corrected chi connectivity index (χ1v) is 8.53. The van der Waals surface area contributed by atoms with Crippen LogP contribution in [0.1, 0.15) is 11.3 Å². The highest BCUT2D eigenvalue weighted by molar-refractivity contribution is 6.29. The summed E-state index contributed by atoms with van der Waals surface area (Å²) >= 11 is 6.10. The minimum Gasteiger partial charge on any atom is -0.462 e. The molecule has 3 aromatic rings. The maximum atomic E-state index is 14.2. The van der Waals surface area contributed by atoms with Crippen LogP contribution in [-0.2, 0) is 10.3 Å². The maximum Gasteiger partial charge on any atom is 0.283 e. The predicted octanol–water partition coefficient (Wildman–Crippen LogP) is 3.63. The van der Waals surface area contributed by atoms with Gasteiger partial charge >= 0.3 is 0 Å². The summed E-state index contributed by atoms with van der Waals surface area (Å²) in [5.41, 5.74) is 7.00. The van der Waals surface area contributed by atoms with Crippen molar-refractivity contribution in [1.29, 1.82) is 0 Å². The third kappa shape index (κ3) is 2.35. The molecule has 1 aromatic carbocycles. The molecule has 4 heterocycles. The zero-order valence-electron chi connectivity index (χ0n) is 13.8. The van der Waals surface area contributed by atoms with E-state index in [2.05, 4.69) is 15.0 Å². The molecule has 0 aliphatic carbocycles. The minimum atomic E-state index is -1.01. The highest BCUT2D eigenvalue weighted by atomic mass is 35.5. The second kappa shape index (κ2) is 5.65. The number of ether oxygens (including phenoxy) is 2. The molecule has 6 nitrogen and oxygen atoms in total. The molecule has 27 heavy (non-hydrogen) atoms. The molecule has 2 N–H and O–H groups in total. The Labute approximate surface area is 158 Å². The number of hydrogen-bond donors (Lipinski definition) is 1. The first kappa shape index (κ1) is 16.0. The summed E-state index contributed by atoms with van der Waals surface area (Å²) in [7, 11) is 0. The molecule has 0 unspecified atom stereocenters. The van der Waals surface area contributed by atoms with Gasteiger partial charge in [0.1, 0.15) is 23.2 Å². The summed E-state index contributed by atoms with van der Waals surface area (Å²) in [5, 5.41) is 0.301. The number of aromatic nitrogens is 2. The summed E-state index contributed by atoms with van der Waals surface area (Å²) in [6.07, 6.45) is 1.40. The van der Waals surface area contributed by atoms with Gasteiger partial charge in [-0.2, -0.15) is 4.39 Å². The zero-order chi connectivity index (χ0) is 18.6. The number of nitrogens with two attached hydrogens (primary N) is 1. The third-order valence-corrected chi connectivity index (χ3v) is 4.87. The lowest BCUT2D eigenvalue weighted by atomic mass is 9.83. The van der Waals surface area contributed by atoms with Crippen molar-refractivity contribution in [1.82, 2.24) is 9.97 Å². The number of pyridine rings is 2. The third-order valence-electron chi connectivity index (χ3n) is 4.66. The van der Waals surface area contributed by atoms with E-state index in [4.69, 9.17) is 26.8 Å². The van der Waals surface area contributed by atoms with Gasteiger partial charge in [0.05, 0.1) is 0 Å². The van der Waals surface area contributed by atoms with Gasteiger partial charge < -0.3 is 15.2 Å². The van der Waals surface area contributed by atoms with E-state index in [0.717, 1.165) is 0 Å². The Balaban J connectivity index is 1.76. The van der Waals surface area contributed by atoms with Gasteiger partial charge in [0, 0.05) is 17.3 Å². The van der Waals surface area contributed by atoms with E-state index in [9.17, 15) is 4.39 Å². The quantitative estimate of drug-likeness (QED) is 0.650. The van der Waals surface area contributed by atoms with Crippen LogP contribution >= 0.6 is 11.6 Å². The Morgan fingerprint density at radius 3 is 2.78 bits per heavy atom. The van der Waals surface area contributed by atoms with Crippen molar-refractivity contribution in [2.75, 3.05) is 6.61 Å². The Hall–Kier alpha value is -3.19. The fourth-order valence-electron chi connectivity index (χ4n) is 3.45. The number of halogens is 2. The number of fused-ring (bicyclic) bond motifs is 4. The molecular weight excluding hydrogens is 371 g/mol. The van der Waals surface area contributed by atoms with Crippen molar-refractivity contribution in [3.05, 3.63) is 71.0 Å². The second-order valence-electron chi connectivity index (χ2n) is 6.23. The summed E-state index contributed by atoms with van der Waals surface area (Å²) in [5.74, 6) is 0.534. The number of nitrogens with zero attached hydrogens (tertiary/aromatic N) is 3. The highest BCUT2D eigenvalue weighted by Gasteiger charge is 2.48. The van der Waals surface area contributed by atoms with Crippen molar-refractivity contribution in [2.45, 2.75) is 5.54 Å². The van der Waals surface area contributed by atoms with Gasteiger partial charge in [-0.15, -0.1) is 0 Å². The number of amidine groups is 1. The van der Waals surface area contributed by atoms with E-state index in [0.29, 0.717) is 39.0 Å². The van der Waals surface area contributed by atoms with Crippen molar-refractivity contribution in [3.8, 4) is 22.6 Å². The van der Waals surface area contributed by atoms with Crippen LogP contribution < -0.4 is 10.5 Å². The zero-order valence-corrected chi connectivity index (χ0v) is 14.6. The van der Waals surface area contributed by atoms with Crippen LogP contribution in [-0.4, -0.2) is 22.6 Å². The molecule has 2 aliphatic heterocycles. The van der Waals surface area contributed by atoms with Gasteiger partial charge in [-0.05, 0) is 42.0 Å². The van der Waals surface area contributed by atoms with Gasteiger partial charge in [-0.3, -0.25) is 0 Å². The normalized spacial score (nSPS) is 19.7. The Bertz CT molecular complexity index is 1120. The largest absolute Gasteiger partial charge is 0.462 e. The smallest absolute Gasteiger partial charge is 0.283 e. The van der Waals surface area contributed by atoms with Gasteiger partial charge in [0.2, 0.25) is 5.95 Å². The van der Waals surface area contributed by atoms with Gasteiger partial charge in [0.15, 0.2) is 11.3 Å². The topological polar surface area (TPSA) is 82.6 Å². The highest BCUT2D eigenvalue weighted by Crippen LogP contribution is 2.51. The van der Waals surface area contributed by atoms with Gasteiger partial charge in [0.25, 0.3) is 6.02 Å². The lowest BCUT2D eigenvalue weighted by Crippen LogP contribution is -2.32. The fraction of sp³-hybridized carbons (Fsp3) is 0.105. The molecule has 1 spiro atoms. The summed E-state index contributed by atoms with van der Waals surface area (Å²) in [6.45, 7) is 0.147. The lowest BCUT2D eigenvalue weighted by molar-refractivity contribution is 0.260. The van der Waals surface area contributed by atoms with Crippen molar-refractivity contribution in [3.63, 3.8) is 0 Å². The van der Waals surface area contributed by atoms with Crippen molar-refractivity contribution in [2.24, 2.45) is 10.7 Å². The van der Waals surface area contributed by atoms with Crippen molar-refractivity contribution < 1.29 is 13.9 Å². The number of benzene rings is 1. The van der Waals surface area contributed by atoms with Crippen LogP contribution in [0.15, 0.2) is 53.7 Å². The molecule has 5 rings (SSSR count). The van der Waals surface area contributed by atoms with Crippen LogP contribution in [0.2, 0.25) is 5.15 Å². The second-order valence-corrected chi connectivity index (χ2v) is 6.62. The van der Waals surface area contributed by atoms with E-state index in [1.165, 1.54) is 6.20 Å². The Morgan fingerprint density at radius 1 is 1.15 bits per heavy atom. The van der Waals surface area contributed by atoms with Crippen LogP contribution in [0.4, 0.5) is 4.39 Å². The number of aliphatic imine (C=N–C) groups is 1. The summed E-state index contributed by atoms with van der Waals surface area (Å²) in [4.78, 5) is 12.7. The average molecular weight is 383 g/mol. The molecule has 134 valence electrons. The molecule has 1 atom stereocenters. The molecule has 0 amide bonds. The van der Waals surface area contributed by atoms with E-state index >= 15 is 0 Å². The van der Waals surface area contributed by atoms with Crippen LogP contribution in [0.5, 0.6) is 11.5 Å². The Kier molecular flexibility index (Phi) is 3.35. The first-order chi connectivity index (χ1) is 13.1. The maximum absolute atomic E-state index is 14.2. The number of hydrogen-bond acceptors (Lipinski definition) is 6. The first-order valence-electron chi connectivity index (χ1n) is 8.15. The molecular formula is C19H12ClFN4O2. The SMILES string of the molecule is NC1=N[C@@]2(CO1)c1cc(-c3cccnc3F)ccc1Oc1ccc(Cl)nc12. The summed E-state index contributed by atoms with van der Waals surface area (Å²) < 4.78 is 25.6. The van der Waals surface area contributed by atoms with E-state index < -0.39 is 11.5 Å². The molecule has 0 fully saturated rings. The van der Waals surface area contributed by atoms with Crippen molar-refractivity contribution >= 4 is 17.6 Å². The standard InChI is InChI=1S/C19H12ClFN4O2/c20-15-6-5-14-16(24-15)19(9-26-18(22)25-19)12-8-10(3-4-13(12)27-14)11-2-1-7-23-17(11)21/h1-8H,9H2,(H2,22,25)/t19-/m0/s1. The van der Waals surface area contributed by atoms with Crippen LogP contribution in [0.25, 0.3) is 11.1 Å². The Morgan fingerprint density at radius 2 is 2.00 bits per heavy atom. The molecule has 2 aliphatic rings. The van der Waals surface area contributed by atoms with Crippen LogP contribution in [0, 0.1) is 5.95 Å². The molecule has 8 heteroatoms.